The van der Waals surface area contributed by atoms with E-state index >= 15 is 0 Å². The Labute approximate surface area is 149 Å². The minimum Gasteiger partial charge on any atom is -0.457 e. The minimum atomic E-state index is -0.497. The van der Waals surface area contributed by atoms with Gasteiger partial charge in [-0.05, 0) is 48.5 Å². The first-order valence-corrected chi connectivity index (χ1v) is 8.00. The number of cyclic esters (lactones) is 1. The van der Waals surface area contributed by atoms with Gasteiger partial charge in [0.1, 0.15) is 11.5 Å². The highest BCUT2D eigenvalue weighted by Crippen LogP contribution is 2.26. The van der Waals surface area contributed by atoms with Crippen LogP contribution in [-0.2, 0) is 9.53 Å². The number of furan rings is 1. The van der Waals surface area contributed by atoms with Crippen LogP contribution in [0.3, 0.4) is 0 Å². The summed E-state index contributed by atoms with van der Waals surface area (Å²) < 4.78 is 11.0. The Balaban J connectivity index is 1.62. The molecule has 5 heteroatoms. The van der Waals surface area contributed by atoms with Crippen molar-refractivity contribution in [3.05, 3.63) is 88.8 Å². The lowest BCUT2D eigenvalue weighted by Crippen LogP contribution is -2.04. The van der Waals surface area contributed by atoms with E-state index in [4.69, 9.17) is 20.8 Å². The number of hydrogen-bond donors (Lipinski definition) is 0. The summed E-state index contributed by atoms with van der Waals surface area (Å²) >= 11 is 5.89. The Morgan fingerprint density at radius 1 is 0.880 bits per heavy atom. The molecule has 1 aromatic heterocycles. The number of benzene rings is 2. The van der Waals surface area contributed by atoms with Crippen molar-refractivity contribution in [1.82, 2.24) is 0 Å². The second-order valence-corrected chi connectivity index (χ2v) is 5.85. The first-order valence-electron chi connectivity index (χ1n) is 7.63. The van der Waals surface area contributed by atoms with Crippen LogP contribution >= 0.6 is 11.6 Å². The summed E-state index contributed by atoms with van der Waals surface area (Å²) in [6, 6.07) is 20.2. The first kappa shape index (κ1) is 15.4. The molecule has 3 aromatic rings. The van der Waals surface area contributed by atoms with Crippen molar-refractivity contribution >= 4 is 29.5 Å². The predicted octanol–water partition coefficient (Wildman–Crippen LogP) is 4.94. The largest absolute Gasteiger partial charge is 0.457 e. The number of hydrogen-bond acceptors (Lipinski definition) is 4. The van der Waals surface area contributed by atoms with Gasteiger partial charge in [-0.3, -0.25) is 0 Å². The molecule has 25 heavy (non-hydrogen) atoms. The summed E-state index contributed by atoms with van der Waals surface area (Å²) in [4.78, 5) is 16.3. The van der Waals surface area contributed by atoms with Gasteiger partial charge in [-0.2, -0.15) is 0 Å². The van der Waals surface area contributed by atoms with E-state index in [0.717, 1.165) is 11.1 Å². The van der Waals surface area contributed by atoms with Crippen molar-refractivity contribution in [2.45, 2.75) is 0 Å². The van der Waals surface area contributed by atoms with Crippen LogP contribution in [0, 0.1) is 0 Å². The van der Waals surface area contributed by atoms with Crippen LogP contribution in [-0.4, -0.2) is 11.9 Å². The average Bonchev–Trinajstić information content (AvgIpc) is 3.24. The fourth-order valence-electron chi connectivity index (χ4n) is 2.45. The summed E-state index contributed by atoms with van der Waals surface area (Å²) in [6.07, 6.45) is 1.57. The lowest BCUT2D eigenvalue weighted by Gasteiger charge is -1.97. The summed E-state index contributed by atoms with van der Waals surface area (Å²) in [5.74, 6) is 1.00. The quantitative estimate of drug-likeness (QED) is 0.497. The zero-order valence-electron chi connectivity index (χ0n) is 13.0. The SMILES string of the molecule is O=C1OC(c2ccccc2)=NC1=Cc1ccc(-c2ccc(Cl)cc2)o1. The molecule has 0 saturated carbocycles. The van der Waals surface area contributed by atoms with Gasteiger partial charge >= 0.3 is 5.97 Å². The molecule has 1 aliphatic rings. The highest BCUT2D eigenvalue weighted by molar-refractivity contribution is 6.30. The van der Waals surface area contributed by atoms with Crippen molar-refractivity contribution in [2.24, 2.45) is 4.99 Å². The predicted molar refractivity (Wildman–Crippen MR) is 96.2 cm³/mol. The van der Waals surface area contributed by atoms with Crippen LogP contribution in [0.2, 0.25) is 5.02 Å². The summed E-state index contributed by atoms with van der Waals surface area (Å²) in [6.45, 7) is 0. The number of nitrogens with zero attached hydrogens (tertiary/aromatic N) is 1. The molecule has 4 nitrogen and oxygen atoms in total. The van der Waals surface area contributed by atoms with Gasteiger partial charge in [-0.1, -0.05) is 29.8 Å². The van der Waals surface area contributed by atoms with E-state index in [-0.39, 0.29) is 5.70 Å². The Hall–Kier alpha value is -3.11. The molecule has 0 spiro atoms. The molecule has 2 aromatic carbocycles. The molecule has 122 valence electrons. The van der Waals surface area contributed by atoms with Crippen LogP contribution < -0.4 is 0 Å². The number of halogens is 1. The molecule has 0 atom stereocenters. The fourth-order valence-corrected chi connectivity index (χ4v) is 2.57. The van der Waals surface area contributed by atoms with Gasteiger partial charge in [0.05, 0.1) is 0 Å². The highest BCUT2D eigenvalue weighted by Gasteiger charge is 2.24. The zero-order valence-corrected chi connectivity index (χ0v) is 13.7. The minimum absolute atomic E-state index is 0.204. The van der Waals surface area contributed by atoms with E-state index in [2.05, 4.69) is 4.99 Å². The standard InChI is InChI=1S/C20H12ClNO3/c21-15-8-6-13(7-9-15)18-11-10-16(24-18)12-17-20(23)25-19(22-17)14-4-2-1-3-5-14/h1-12H. The van der Waals surface area contributed by atoms with Gasteiger partial charge in [0.25, 0.3) is 0 Å². The van der Waals surface area contributed by atoms with E-state index in [0.29, 0.717) is 22.4 Å². The van der Waals surface area contributed by atoms with Gasteiger partial charge in [-0.25, -0.2) is 9.79 Å². The summed E-state index contributed by atoms with van der Waals surface area (Å²) in [5.41, 5.74) is 1.85. The number of carbonyl (C=O) groups excluding carboxylic acids is 1. The molecule has 2 heterocycles. The number of ether oxygens (including phenoxy) is 1. The molecule has 0 unspecified atom stereocenters. The molecule has 0 fully saturated rings. The van der Waals surface area contributed by atoms with Gasteiger partial charge in [0, 0.05) is 22.2 Å². The normalized spacial score (nSPS) is 15.3. The van der Waals surface area contributed by atoms with Crippen LogP contribution in [0.25, 0.3) is 17.4 Å². The summed E-state index contributed by atoms with van der Waals surface area (Å²) in [5, 5.41) is 0.661. The number of rotatable bonds is 3. The van der Waals surface area contributed by atoms with Crippen molar-refractivity contribution in [3.63, 3.8) is 0 Å². The number of carbonyl (C=O) groups is 1. The van der Waals surface area contributed by atoms with Crippen molar-refractivity contribution in [2.75, 3.05) is 0 Å². The van der Waals surface area contributed by atoms with Gasteiger partial charge in [0.15, 0.2) is 5.70 Å². The molecule has 0 bridgehead atoms. The van der Waals surface area contributed by atoms with Gasteiger partial charge < -0.3 is 9.15 Å². The van der Waals surface area contributed by atoms with E-state index in [1.165, 1.54) is 0 Å². The van der Waals surface area contributed by atoms with Gasteiger partial charge in [0.2, 0.25) is 5.90 Å². The van der Waals surface area contributed by atoms with E-state index in [9.17, 15) is 4.79 Å². The van der Waals surface area contributed by atoms with Crippen LogP contribution in [0.5, 0.6) is 0 Å². The Morgan fingerprint density at radius 2 is 1.64 bits per heavy atom. The average molecular weight is 350 g/mol. The molecule has 0 radical (unpaired) electrons. The van der Waals surface area contributed by atoms with E-state index in [1.807, 2.05) is 48.5 Å². The maximum Gasteiger partial charge on any atom is 0.363 e. The maximum absolute atomic E-state index is 12.0. The van der Waals surface area contributed by atoms with Crippen molar-refractivity contribution < 1.29 is 13.9 Å². The molecular formula is C20H12ClNO3. The Kier molecular flexibility index (Phi) is 3.96. The third-order valence-corrected chi connectivity index (χ3v) is 3.93. The van der Waals surface area contributed by atoms with E-state index in [1.54, 1.807) is 24.3 Å². The lowest BCUT2D eigenvalue weighted by atomic mass is 10.2. The number of aliphatic imine (C=N–C) groups is 1. The highest BCUT2D eigenvalue weighted by atomic mass is 35.5. The zero-order chi connectivity index (χ0) is 17.2. The first-order chi connectivity index (χ1) is 12.2. The van der Waals surface area contributed by atoms with Crippen LogP contribution in [0.1, 0.15) is 11.3 Å². The second kappa shape index (κ2) is 6.42. The smallest absolute Gasteiger partial charge is 0.363 e. The molecule has 0 amide bonds. The Bertz CT molecular complexity index is 985. The van der Waals surface area contributed by atoms with Crippen LogP contribution in [0.4, 0.5) is 0 Å². The molecule has 4 rings (SSSR count). The van der Waals surface area contributed by atoms with E-state index < -0.39 is 5.97 Å². The molecule has 1 aliphatic heterocycles. The third-order valence-electron chi connectivity index (χ3n) is 3.68. The molecule has 0 aliphatic carbocycles. The monoisotopic (exact) mass is 349 g/mol. The van der Waals surface area contributed by atoms with Crippen molar-refractivity contribution in [3.8, 4) is 11.3 Å². The maximum atomic E-state index is 12.0. The molecule has 0 N–H and O–H groups in total. The number of esters is 1. The lowest BCUT2D eigenvalue weighted by molar-refractivity contribution is -0.129. The van der Waals surface area contributed by atoms with Gasteiger partial charge in [-0.15, -0.1) is 0 Å². The third kappa shape index (κ3) is 3.25. The second-order valence-electron chi connectivity index (χ2n) is 5.41. The van der Waals surface area contributed by atoms with Crippen molar-refractivity contribution in [1.29, 1.82) is 0 Å². The Morgan fingerprint density at radius 3 is 2.40 bits per heavy atom. The molecule has 0 saturated heterocycles. The topological polar surface area (TPSA) is 51.8 Å². The fraction of sp³-hybridized carbons (Fsp3) is 0. The summed E-state index contributed by atoms with van der Waals surface area (Å²) in [7, 11) is 0. The molecular weight excluding hydrogens is 338 g/mol. The van der Waals surface area contributed by atoms with Crippen LogP contribution in [0.15, 0.2) is 81.8 Å².